The van der Waals surface area contributed by atoms with E-state index in [2.05, 4.69) is 32.4 Å². The van der Waals surface area contributed by atoms with Crippen LogP contribution in [0, 0.1) is 11.8 Å². The zero-order valence-corrected chi connectivity index (χ0v) is 21.1. The summed E-state index contributed by atoms with van der Waals surface area (Å²) in [4.78, 5) is 33.5. The summed E-state index contributed by atoms with van der Waals surface area (Å²) in [5, 5.41) is 6.07. The third-order valence-electron chi connectivity index (χ3n) is 4.88. The number of nitrogens with zero attached hydrogens (tertiary/aromatic N) is 3. The van der Waals surface area contributed by atoms with Crippen LogP contribution < -0.4 is 30.7 Å². The minimum absolute atomic E-state index is 0.117. The fraction of sp³-hybridized carbons (Fsp3) is 0.167. The molecule has 2 aromatic carbocycles. The summed E-state index contributed by atoms with van der Waals surface area (Å²) in [6.07, 6.45) is 1.61. The van der Waals surface area contributed by atoms with E-state index in [1.165, 1.54) is 38.6 Å². The zero-order valence-electron chi connectivity index (χ0n) is 19.6. The Labute approximate surface area is 217 Å². The monoisotopic (exact) mass is 528 g/mol. The van der Waals surface area contributed by atoms with Gasteiger partial charge in [-0.3, -0.25) is 9.69 Å². The van der Waals surface area contributed by atoms with Gasteiger partial charge in [-0.15, -0.1) is 0 Å². The van der Waals surface area contributed by atoms with E-state index in [4.69, 9.17) is 38.4 Å². The molecule has 0 saturated heterocycles. The molecule has 36 heavy (non-hydrogen) atoms. The van der Waals surface area contributed by atoms with Crippen molar-refractivity contribution in [1.82, 2.24) is 9.97 Å². The fourth-order valence-electron chi connectivity index (χ4n) is 3.05. The van der Waals surface area contributed by atoms with Crippen LogP contribution in [0.1, 0.15) is 5.56 Å². The number of ether oxygens (including phenoxy) is 2. The lowest BCUT2D eigenvalue weighted by Gasteiger charge is -2.20. The molecular weight excluding hydrogens is 507 g/mol. The van der Waals surface area contributed by atoms with Crippen molar-refractivity contribution < 1.29 is 19.1 Å². The molecule has 0 spiro atoms. The summed E-state index contributed by atoms with van der Waals surface area (Å²) < 4.78 is 10.5. The molecule has 3 aromatic rings. The van der Waals surface area contributed by atoms with Gasteiger partial charge in [0.15, 0.2) is 0 Å². The first kappa shape index (κ1) is 26.4. The predicted octanol–water partition coefficient (Wildman–Crippen LogP) is 4.24. The Bertz CT molecular complexity index is 1330. The van der Waals surface area contributed by atoms with Crippen LogP contribution in [0.15, 0.2) is 42.7 Å². The van der Waals surface area contributed by atoms with Crippen LogP contribution >= 0.6 is 23.2 Å². The second-order valence-electron chi connectivity index (χ2n) is 7.16. The molecule has 0 fully saturated rings. The number of urea groups is 1. The SMILES string of the molecule is COc1cc(OC)c(Cl)c(NC(=O)N(C)c2cc(Nc3ccccc3CC#CC(N)=O)ncn2)c1Cl. The highest BCUT2D eigenvalue weighted by atomic mass is 35.5. The van der Waals surface area contributed by atoms with Gasteiger partial charge in [0.25, 0.3) is 5.91 Å². The molecule has 0 unspecified atom stereocenters. The number of rotatable bonds is 7. The second-order valence-corrected chi connectivity index (χ2v) is 7.92. The van der Waals surface area contributed by atoms with E-state index in [0.29, 0.717) is 12.2 Å². The van der Waals surface area contributed by atoms with Crippen molar-refractivity contribution in [3.05, 3.63) is 58.3 Å². The number of halogens is 2. The van der Waals surface area contributed by atoms with Crippen molar-refractivity contribution in [2.45, 2.75) is 6.42 Å². The lowest BCUT2D eigenvalue weighted by Crippen LogP contribution is -2.32. The smallest absolute Gasteiger partial charge is 0.327 e. The summed E-state index contributed by atoms with van der Waals surface area (Å²) in [7, 11) is 4.39. The summed E-state index contributed by atoms with van der Waals surface area (Å²) >= 11 is 12.7. The Hall–Kier alpha value is -4.20. The number of carbonyl (C=O) groups excluding carboxylic acids is 2. The Morgan fingerprint density at radius 2 is 1.75 bits per heavy atom. The first-order valence-electron chi connectivity index (χ1n) is 10.3. The summed E-state index contributed by atoms with van der Waals surface area (Å²) in [6.45, 7) is 0. The van der Waals surface area contributed by atoms with Gasteiger partial charge in [-0.2, -0.15) is 0 Å². The lowest BCUT2D eigenvalue weighted by atomic mass is 10.1. The highest BCUT2D eigenvalue weighted by Gasteiger charge is 2.21. The topological polar surface area (TPSA) is 132 Å². The maximum Gasteiger partial charge on any atom is 0.327 e. The minimum atomic E-state index is -0.697. The Balaban J connectivity index is 1.82. The van der Waals surface area contributed by atoms with E-state index in [-0.39, 0.29) is 33.0 Å². The Morgan fingerprint density at radius 3 is 2.39 bits per heavy atom. The minimum Gasteiger partial charge on any atom is -0.495 e. The average molecular weight is 529 g/mol. The van der Waals surface area contributed by atoms with Gasteiger partial charge in [0.05, 0.1) is 19.9 Å². The van der Waals surface area contributed by atoms with Gasteiger partial charge in [-0.25, -0.2) is 14.8 Å². The highest BCUT2D eigenvalue weighted by molar-refractivity contribution is 6.41. The van der Waals surface area contributed by atoms with E-state index < -0.39 is 11.9 Å². The molecule has 0 aliphatic carbocycles. The number of aromatic nitrogens is 2. The number of amides is 3. The van der Waals surface area contributed by atoms with Gasteiger partial charge in [-0.1, -0.05) is 47.3 Å². The lowest BCUT2D eigenvalue weighted by molar-refractivity contribution is -0.112. The summed E-state index contributed by atoms with van der Waals surface area (Å²) in [6, 6.07) is 9.91. The third-order valence-corrected chi connectivity index (χ3v) is 5.63. The number of nitrogens with one attached hydrogen (secondary N) is 2. The number of carbonyl (C=O) groups is 2. The van der Waals surface area contributed by atoms with E-state index in [0.717, 1.165) is 11.3 Å². The highest BCUT2D eigenvalue weighted by Crippen LogP contribution is 2.44. The third kappa shape index (κ3) is 6.27. The molecule has 0 saturated carbocycles. The summed E-state index contributed by atoms with van der Waals surface area (Å²) in [5.41, 5.74) is 6.75. The second kappa shape index (κ2) is 12.0. The predicted molar refractivity (Wildman–Crippen MR) is 139 cm³/mol. The number of primary amides is 1. The molecule has 10 nitrogen and oxygen atoms in total. The maximum atomic E-state index is 13.0. The first-order valence-corrected chi connectivity index (χ1v) is 11.1. The van der Waals surface area contributed by atoms with Crippen LogP contribution in [0.25, 0.3) is 0 Å². The van der Waals surface area contributed by atoms with Gasteiger partial charge in [0.1, 0.15) is 39.5 Å². The van der Waals surface area contributed by atoms with E-state index >= 15 is 0 Å². The largest absolute Gasteiger partial charge is 0.495 e. The van der Waals surface area contributed by atoms with Crippen molar-refractivity contribution in [1.29, 1.82) is 0 Å². The van der Waals surface area contributed by atoms with Crippen molar-refractivity contribution in [2.75, 3.05) is 36.8 Å². The molecule has 3 amide bonds. The van der Waals surface area contributed by atoms with E-state index in [1.54, 1.807) is 6.07 Å². The number of nitrogens with two attached hydrogens (primary N) is 1. The standard InChI is InChI=1S/C24H22Cl2N6O4/c1-32(24(34)31-23-21(25)16(35-2)11-17(36-3)22(23)26)20-12-19(28-13-29-20)30-15-9-5-4-7-14(15)8-6-10-18(27)33/h4-5,7,9,11-13H,8H2,1-3H3,(H2,27,33)(H,31,34)(H,28,29,30). The van der Waals surface area contributed by atoms with Crippen LogP contribution in [-0.2, 0) is 11.2 Å². The number of hydrogen-bond acceptors (Lipinski definition) is 7. The van der Waals surface area contributed by atoms with Crippen molar-refractivity contribution in [3.8, 4) is 23.3 Å². The maximum absolute atomic E-state index is 13.0. The fourth-order valence-corrected chi connectivity index (χ4v) is 3.65. The number of para-hydroxylation sites is 1. The molecule has 1 heterocycles. The van der Waals surface area contributed by atoms with Crippen molar-refractivity contribution >= 4 is 58.2 Å². The van der Waals surface area contributed by atoms with E-state index in [9.17, 15) is 9.59 Å². The average Bonchev–Trinajstić information content (AvgIpc) is 2.87. The van der Waals surface area contributed by atoms with Crippen molar-refractivity contribution in [2.24, 2.45) is 5.73 Å². The molecule has 0 atom stereocenters. The van der Waals surface area contributed by atoms with Crippen LogP contribution in [0.2, 0.25) is 10.0 Å². The number of hydrogen-bond donors (Lipinski definition) is 3. The van der Waals surface area contributed by atoms with Crippen LogP contribution in [0.4, 0.5) is 27.8 Å². The molecule has 12 heteroatoms. The molecule has 1 aromatic heterocycles. The van der Waals surface area contributed by atoms with Gasteiger partial charge >= 0.3 is 6.03 Å². The Kier molecular flexibility index (Phi) is 8.78. The first-order chi connectivity index (χ1) is 17.2. The molecule has 4 N–H and O–H groups in total. The van der Waals surface area contributed by atoms with Gasteiger partial charge < -0.3 is 25.8 Å². The van der Waals surface area contributed by atoms with Crippen LogP contribution in [0.5, 0.6) is 11.5 Å². The number of benzene rings is 2. The number of methoxy groups -OCH3 is 2. The van der Waals surface area contributed by atoms with Crippen LogP contribution in [0.3, 0.4) is 0 Å². The molecule has 0 aliphatic heterocycles. The van der Waals surface area contributed by atoms with E-state index in [1.807, 2.05) is 24.3 Å². The summed E-state index contributed by atoms with van der Waals surface area (Å²) in [5.74, 6) is 5.62. The molecule has 0 radical (unpaired) electrons. The van der Waals surface area contributed by atoms with Gasteiger partial charge in [-0.05, 0) is 17.6 Å². The van der Waals surface area contributed by atoms with Crippen LogP contribution in [-0.4, -0.2) is 43.2 Å². The molecule has 0 aliphatic rings. The number of anilines is 4. The molecule has 3 rings (SSSR count). The normalized spacial score (nSPS) is 10.0. The molecule has 186 valence electrons. The van der Waals surface area contributed by atoms with Crippen molar-refractivity contribution in [3.63, 3.8) is 0 Å². The molecular formula is C24H22Cl2N6O4. The Morgan fingerprint density at radius 1 is 1.08 bits per heavy atom. The van der Waals surface area contributed by atoms with Gasteiger partial charge in [0, 0.05) is 31.3 Å². The quantitative estimate of drug-likeness (QED) is 0.390. The molecule has 0 bridgehead atoms. The van der Waals surface area contributed by atoms with Gasteiger partial charge in [0.2, 0.25) is 0 Å². The zero-order chi connectivity index (χ0) is 26.2.